The van der Waals surface area contributed by atoms with Crippen LogP contribution in [-0.2, 0) is 0 Å². The standard InChI is InChI=1S/2C4H4S.C2H4/c2*1-2-4-5-3-1;1-2/h2*1-4H;1-2H2. The van der Waals surface area contributed by atoms with Gasteiger partial charge in [0.1, 0.15) is 0 Å². The van der Waals surface area contributed by atoms with Crippen LogP contribution in [0.5, 0.6) is 0 Å². The molecule has 0 N–H and O–H groups in total. The van der Waals surface area contributed by atoms with Crippen molar-refractivity contribution in [3.63, 3.8) is 0 Å². The van der Waals surface area contributed by atoms with Crippen LogP contribution in [0, 0.1) is 0 Å². The molecule has 0 nitrogen and oxygen atoms in total. The maximum atomic E-state index is 3.00. The topological polar surface area (TPSA) is 0 Å². The van der Waals surface area contributed by atoms with Crippen LogP contribution >= 0.6 is 22.7 Å². The summed E-state index contributed by atoms with van der Waals surface area (Å²) in [4.78, 5) is 0. The first kappa shape index (κ1) is 11.1. The van der Waals surface area contributed by atoms with Gasteiger partial charge in [0.15, 0.2) is 0 Å². The molecule has 0 fully saturated rings. The molecule has 0 spiro atoms. The summed E-state index contributed by atoms with van der Waals surface area (Å²) in [6.45, 7) is 6.00. The molecule has 64 valence electrons. The predicted octanol–water partition coefficient (Wildman–Crippen LogP) is 4.30. The Bertz CT molecular complexity index is 159. The van der Waals surface area contributed by atoms with E-state index in [-0.39, 0.29) is 0 Å². The Hall–Kier alpha value is -0.860. The Balaban J connectivity index is 0.000000168. The fourth-order valence-electron chi connectivity index (χ4n) is 0.454. The van der Waals surface area contributed by atoms with Gasteiger partial charge >= 0.3 is 0 Å². The second-order valence-corrected chi connectivity index (χ2v) is 3.22. The van der Waals surface area contributed by atoms with E-state index in [1.807, 2.05) is 45.8 Å². The van der Waals surface area contributed by atoms with E-state index in [1.54, 1.807) is 22.7 Å². The maximum absolute atomic E-state index is 3.00. The minimum Gasteiger partial charge on any atom is -0.152 e. The van der Waals surface area contributed by atoms with Gasteiger partial charge in [0.2, 0.25) is 0 Å². The zero-order valence-corrected chi connectivity index (χ0v) is 8.48. The van der Waals surface area contributed by atoms with Crippen LogP contribution in [0.25, 0.3) is 0 Å². The summed E-state index contributed by atoms with van der Waals surface area (Å²) in [6.07, 6.45) is 0. The molecular weight excluding hydrogens is 184 g/mol. The maximum Gasteiger partial charge on any atom is -0.00934 e. The van der Waals surface area contributed by atoms with E-state index >= 15 is 0 Å². The van der Waals surface area contributed by atoms with Gasteiger partial charge in [-0.1, -0.05) is 24.3 Å². The monoisotopic (exact) mass is 196 g/mol. The first-order valence-corrected chi connectivity index (χ1v) is 5.33. The minimum absolute atomic E-state index is 1.71. The smallest absolute Gasteiger partial charge is 0.00934 e. The molecule has 0 amide bonds. The van der Waals surface area contributed by atoms with E-state index in [0.29, 0.717) is 0 Å². The molecule has 0 radical (unpaired) electrons. The third-order valence-corrected chi connectivity index (χ3v) is 2.11. The van der Waals surface area contributed by atoms with Gasteiger partial charge in [0.25, 0.3) is 0 Å². The molecule has 0 bridgehead atoms. The Morgan fingerprint density at radius 2 is 0.833 bits per heavy atom. The van der Waals surface area contributed by atoms with E-state index in [0.717, 1.165) is 0 Å². The van der Waals surface area contributed by atoms with Crippen molar-refractivity contribution in [1.82, 2.24) is 0 Å². The van der Waals surface area contributed by atoms with Crippen LogP contribution in [0.15, 0.2) is 58.9 Å². The SMILES string of the molecule is C=C.c1ccsc1.c1ccsc1. The van der Waals surface area contributed by atoms with Gasteiger partial charge < -0.3 is 0 Å². The van der Waals surface area contributed by atoms with Crippen molar-refractivity contribution in [3.8, 4) is 0 Å². The molecule has 0 aliphatic carbocycles. The van der Waals surface area contributed by atoms with Crippen LogP contribution < -0.4 is 0 Å². The molecule has 0 saturated heterocycles. The molecule has 0 aromatic carbocycles. The van der Waals surface area contributed by atoms with Gasteiger partial charge in [-0.2, -0.15) is 22.7 Å². The fourth-order valence-corrected chi connectivity index (χ4v) is 1.36. The predicted molar refractivity (Wildman–Crippen MR) is 59.9 cm³/mol. The highest BCUT2D eigenvalue weighted by molar-refractivity contribution is 7.08. The van der Waals surface area contributed by atoms with Gasteiger partial charge in [0, 0.05) is 0 Å². The van der Waals surface area contributed by atoms with E-state index in [4.69, 9.17) is 0 Å². The lowest BCUT2D eigenvalue weighted by atomic mass is 10.7. The number of hydrogen-bond acceptors (Lipinski definition) is 2. The molecule has 2 rings (SSSR count). The molecule has 0 aliphatic rings. The Kier molecular flexibility index (Phi) is 9.41. The highest BCUT2D eigenvalue weighted by Gasteiger charge is 1.59. The van der Waals surface area contributed by atoms with E-state index in [2.05, 4.69) is 13.2 Å². The quantitative estimate of drug-likeness (QED) is 0.551. The summed E-state index contributed by atoms with van der Waals surface area (Å²) in [6, 6.07) is 8.07. The van der Waals surface area contributed by atoms with Crippen molar-refractivity contribution in [3.05, 3.63) is 58.9 Å². The Labute approximate surface area is 81.8 Å². The van der Waals surface area contributed by atoms with Gasteiger partial charge in [0.05, 0.1) is 0 Å². The second-order valence-electron chi connectivity index (χ2n) is 1.59. The molecule has 0 aliphatic heterocycles. The first-order valence-electron chi connectivity index (χ1n) is 3.44. The van der Waals surface area contributed by atoms with Crippen molar-refractivity contribution in [2.75, 3.05) is 0 Å². The lowest BCUT2D eigenvalue weighted by Crippen LogP contribution is -1.16. The van der Waals surface area contributed by atoms with Gasteiger partial charge in [-0.05, 0) is 21.5 Å². The molecule has 0 unspecified atom stereocenters. The van der Waals surface area contributed by atoms with Crippen LogP contribution in [0.3, 0.4) is 0 Å². The summed E-state index contributed by atoms with van der Waals surface area (Å²) < 4.78 is 0. The zero-order chi connectivity index (χ0) is 9.07. The summed E-state index contributed by atoms with van der Waals surface area (Å²) in [7, 11) is 0. The lowest BCUT2D eigenvalue weighted by Gasteiger charge is -1.39. The van der Waals surface area contributed by atoms with Crippen molar-refractivity contribution >= 4 is 22.7 Å². The average Bonchev–Trinajstić information content (AvgIpc) is 2.87. The van der Waals surface area contributed by atoms with Crippen LogP contribution in [-0.4, -0.2) is 0 Å². The highest BCUT2D eigenvalue weighted by atomic mass is 32.1. The highest BCUT2D eigenvalue weighted by Crippen LogP contribution is 1.92. The van der Waals surface area contributed by atoms with Gasteiger partial charge in [-0.3, -0.25) is 0 Å². The van der Waals surface area contributed by atoms with E-state index < -0.39 is 0 Å². The van der Waals surface area contributed by atoms with Gasteiger partial charge in [-0.15, -0.1) is 13.2 Å². The molecule has 2 heteroatoms. The molecule has 2 heterocycles. The number of thiophene rings is 2. The van der Waals surface area contributed by atoms with Crippen LogP contribution in [0.1, 0.15) is 0 Å². The van der Waals surface area contributed by atoms with E-state index in [9.17, 15) is 0 Å². The molecule has 2 aromatic heterocycles. The average molecular weight is 196 g/mol. The van der Waals surface area contributed by atoms with Crippen molar-refractivity contribution in [2.45, 2.75) is 0 Å². The molecule has 2 aromatic rings. The first-order chi connectivity index (χ1) is 6.00. The van der Waals surface area contributed by atoms with Crippen molar-refractivity contribution in [1.29, 1.82) is 0 Å². The number of hydrogen-bond donors (Lipinski definition) is 0. The van der Waals surface area contributed by atoms with Crippen molar-refractivity contribution in [2.24, 2.45) is 0 Å². The van der Waals surface area contributed by atoms with Gasteiger partial charge in [-0.25, -0.2) is 0 Å². The van der Waals surface area contributed by atoms with Crippen LogP contribution in [0.2, 0.25) is 0 Å². The third-order valence-electron chi connectivity index (χ3n) is 0.851. The minimum atomic E-state index is 1.71. The van der Waals surface area contributed by atoms with Crippen LogP contribution in [0.4, 0.5) is 0 Å². The molecule has 12 heavy (non-hydrogen) atoms. The molecule has 0 saturated carbocycles. The summed E-state index contributed by atoms with van der Waals surface area (Å²) >= 11 is 3.43. The molecule has 0 atom stereocenters. The summed E-state index contributed by atoms with van der Waals surface area (Å²) in [5.41, 5.74) is 0. The second kappa shape index (κ2) is 10.1. The summed E-state index contributed by atoms with van der Waals surface area (Å²) in [5.74, 6) is 0. The number of rotatable bonds is 0. The normalized spacial score (nSPS) is 7.00. The zero-order valence-electron chi connectivity index (χ0n) is 6.85. The molecular formula is C10H12S2. The Morgan fingerprint density at radius 3 is 0.917 bits per heavy atom. The summed E-state index contributed by atoms with van der Waals surface area (Å²) in [5, 5.41) is 8.17. The lowest BCUT2D eigenvalue weighted by molar-refractivity contribution is 2.03. The van der Waals surface area contributed by atoms with E-state index in [1.165, 1.54) is 0 Å². The fraction of sp³-hybridized carbons (Fsp3) is 0. The third kappa shape index (κ3) is 7.25. The largest absolute Gasteiger partial charge is 0.152 e. The Morgan fingerprint density at radius 1 is 0.583 bits per heavy atom. The van der Waals surface area contributed by atoms with Crippen molar-refractivity contribution < 1.29 is 0 Å².